The molecule has 0 aliphatic carbocycles. The average molecular weight is 354 g/mol. The predicted octanol–water partition coefficient (Wildman–Crippen LogP) is 2.42. The number of hydrogen-bond acceptors (Lipinski definition) is 5. The van der Waals surface area contributed by atoms with E-state index in [1.54, 1.807) is 29.7 Å². The maximum absolute atomic E-state index is 12.1. The van der Waals surface area contributed by atoms with E-state index in [9.17, 15) is 9.59 Å². The van der Waals surface area contributed by atoms with Crippen molar-refractivity contribution in [3.63, 3.8) is 0 Å². The maximum Gasteiger partial charge on any atom is 0.421 e. The minimum absolute atomic E-state index is 0.0149. The molecule has 1 aliphatic heterocycles. The van der Waals surface area contributed by atoms with Crippen LogP contribution in [-0.4, -0.2) is 41.3 Å². The molecule has 1 aliphatic rings. The number of nitrogens with zero attached hydrogens (tertiary/aromatic N) is 2. The zero-order valence-corrected chi connectivity index (χ0v) is 14.2. The lowest BCUT2D eigenvalue weighted by Gasteiger charge is -2.32. The third-order valence-corrected chi connectivity index (χ3v) is 4.31. The van der Waals surface area contributed by atoms with Gasteiger partial charge in [-0.3, -0.25) is 9.47 Å². The first kappa shape index (κ1) is 16.9. The summed E-state index contributed by atoms with van der Waals surface area (Å²) in [6.45, 7) is 4.05. The smallest absolute Gasteiger partial charge is 0.421 e. The highest BCUT2D eigenvalue weighted by molar-refractivity contribution is 6.31. The van der Waals surface area contributed by atoms with Gasteiger partial charge in [-0.05, 0) is 38.4 Å². The van der Waals surface area contributed by atoms with E-state index in [0.717, 1.165) is 19.4 Å². The minimum Gasteiger partial charge on any atom is -0.450 e. The number of hydrogen-bond donors (Lipinski definition) is 1. The van der Waals surface area contributed by atoms with Gasteiger partial charge in [0.25, 0.3) is 0 Å². The Bertz CT molecular complexity index is 785. The molecule has 2 aromatic rings. The van der Waals surface area contributed by atoms with Crippen LogP contribution in [0.2, 0.25) is 5.02 Å². The second kappa shape index (κ2) is 7.27. The number of carbonyl (C=O) groups excluding carboxylic acids is 1. The van der Waals surface area contributed by atoms with Crippen LogP contribution in [0, 0.1) is 0 Å². The molecule has 130 valence electrons. The van der Waals surface area contributed by atoms with Gasteiger partial charge in [0.05, 0.1) is 18.8 Å². The summed E-state index contributed by atoms with van der Waals surface area (Å²) in [4.78, 5) is 25.8. The summed E-state index contributed by atoms with van der Waals surface area (Å²) in [5.41, 5.74) is 1.19. The van der Waals surface area contributed by atoms with Crippen LogP contribution in [0.1, 0.15) is 19.8 Å². The first-order chi connectivity index (χ1) is 11.6. The lowest BCUT2D eigenvalue weighted by molar-refractivity contribution is 0.123. The molecule has 0 radical (unpaired) electrons. The molecule has 1 fully saturated rings. The number of carbonyl (C=O) groups is 1. The van der Waals surface area contributed by atoms with E-state index in [1.807, 2.05) is 0 Å². The number of likely N-dealkylation sites (tertiary alicyclic amines) is 1. The highest BCUT2D eigenvalue weighted by Crippen LogP contribution is 2.19. The summed E-state index contributed by atoms with van der Waals surface area (Å²) in [7, 11) is 0. The summed E-state index contributed by atoms with van der Waals surface area (Å²) in [5, 5.41) is 3.39. The monoisotopic (exact) mass is 353 g/mol. The summed E-state index contributed by atoms with van der Waals surface area (Å²) < 4.78 is 11.8. The number of piperidine rings is 1. The van der Waals surface area contributed by atoms with E-state index in [2.05, 4.69) is 10.2 Å². The molecule has 1 saturated heterocycles. The Hall–Kier alpha value is -1.99. The molecule has 2 heterocycles. The van der Waals surface area contributed by atoms with Gasteiger partial charge in [0.2, 0.25) is 0 Å². The van der Waals surface area contributed by atoms with Crippen molar-refractivity contribution in [3.05, 3.63) is 33.8 Å². The van der Waals surface area contributed by atoms with Crippen molar-refractivity contribution in [2.75, 3.05) is 19.7 Å². The Labute approximate surface area is 144 Å². The van der Waals surface area contributed by atoms with Crippen LogP contribution in [0.5, 0.6) is 0 Å². The number of halogens is 1. The fourth-order valence-electron chi connectivity index (χ4n) is 3.02. The number of aromatic nitrogens is 1. The number of oxazole rings is 1. The van der Waals surface area contributed by atoms with Gasteiger partial charge in [-0.2, -0.15) is 0 Å². The van der Waals surface area contributed by atoms with Gasteiger partial charge in [-0.1, -0.05) is 11.6 Å². The molecule has 3 rings (SSSR count). The number of nitrogens with one attached hydrogen (secondary N) is 1. The van der Waals surface area contributed by atoms with Crippen LogP contribution in [0.15, 0.2) is 27.4 Å². The quantitative estimate of drug-likeness (QED) is 0.913. The van der Waals surface area contributed by atoms with E-state index >= 15 is 0 Å². The minimum atomic E-state index is -0.409. The zero-order chi connectivity index (χ0) is 17.1. The standard InChI is InChI=1S/C16H20ClN3O4/c1-2-23-15(21)18-12-4-3-7-19(9-12)10-20-13-6-5-11(17)8-14(13)24-16(20)22/h5-6,8,12H,2-4,7,9-10H2,1H3,(H,18,21)/t12-/m1/s1. The second-order valence-corrected chi connectivity index (χ2v) is 6.27. The SMILES string of the molecule is CCOC(=O)N[C@@H]1CCCN(Cn2c(=O)oc3cc(Cl)ccc32)C1. The fraction of sp³-hybridized carbons (Fsp3) is 0.500. The molecular formula is C16H20ClN3O4. The van der Waals surface area contributed by atoms with Crippen molar-refractivity contribution >= 4 is 28.8 Å². The molecule has 1 atom stereocenters. The van der Waals surface area contributed by atoms with Crippen molar-refractivity contribution in [2.45, 2.75) is 32.5 Å². The normalized spacial score (nSPS) is 18.7. The Morgan fingerprint density at radius 1 is 1.50 bits per heavy atom. The first-order valence-electron chi connectivity index (χ1n) is 8.01. The van der Waals surface area contributed by atoms with E-state index < -0.39 is 11.8 Å². The van der Waals surface area contributed by atoms with Crippen LogP contribution in [0.25, 0.3) is 11.1 Å². The molecule has 24 heavy (non-hydrogen) atoms. The Kier molecular flexibility index (Phi) is 5.11. The third kappa shape index (κ3) is 3.73. The molecular weight excluding hydrogens is 334 g/mol. The van der Waals surface area contributed by atoms with Crippen molar-refractivity contribution in [1.29, 1.82) is 0 Å². The van der Waals surface area contributed by atoms with Crippen molar-refractivity contribution in [3.8, 4) is 0 Å². The molecule has 0 unspecified atom stereocenters. The summed E-state index contributed by atoms with van der Waals surface area (Å²) in [6, 6.07) is 5.16. The highest BCUT2D eigenvalue weighted by Gasteiger charge is 2.23. The lowest BCUT2D eigenvalue weighted by Crippen LogP contribution is -2.48. The van der Waals surface area contributed by atoms with Gasteiger partial charge in [0.1, 0.15) is 0 Å². The molecule has 1 aromatic carbocycles. The van der Waals surface area contributed by atoms with Gasteiger partial charge in [0.15, 0.2) is 5.58 Å². The Morgan fingerprint density at radius 2 is 2.33 bits per heavy atom. The fourth-order valence-corrected chi connectivity index (χ4v) is 3.18. The molecule has 8 heteroatoms. The lowest BCUT2D eigenvalue weighted by atomic mass is 10.1. The third-order valence-electron chi connectivity index (χ3n) is 4.07. The van der Waals surface area contributed by atoms with Gasteiger partial charge in [-0.25, -0.2) is 9.59 Å². The van der Waals surface area contributed by atoms with Crippen molar-refractivity contribution < 1.29 is 13.9 Å². The zero-order valence-electron chi connectivity index (χ0n) is 13.5. The maximum atomic E-state index is 12.1. The second-order valence-electron chi connectivity index (χ2n) is 5.83. The van der Waals surface area contributed by atoms with E-state index in [-0.39, 0.29) is 6.04 Å². The predicted molar refractivity (Wildman–Crippen MR) is 90.2 cm³/mol. The van der Waals surface area contributed by atoms with Gasteiger partial charge in [-0.15, -0.1) is 0 Å². The number of ether oxygens (including phenoxy) is 1. The van der Waals surface area contributed by atoms with E-state index in [1.165, 1.54) is 0 Å². The number of benzene rings is 1. The number of rotatable bonds is 4. The number of amides is 1. The molecule has 7 nitrogen and oxygen atoms in total. The van der Waals surface area contributed by atoms with Crippen molar-refractivity contribution in [2.24, 2.45) is 0 Å². The van der Waals surface area contributed by atoms with Crippen LogP contribution < -0.4 is 11.1 Å². The van der Waals surface area contributed by atoms with Gasteiger partial charge < -0.3 is 14.5 Å². The van der Waals surface area contributed by atoms with Crippen LogP contribution in [0.3, 0.4) is 0 Å². The summed E-state index contributed by atoms with van der Waals surface area (Å²) in [6.07, 6.45) is 1.43. The molecule has 0 bridgehead atoms. The summed E-state index contributed by atoms with van der Waals surface area (Å²) in [5.74, 6) is -0.409. The highest BCUT2D eigenvalue weighted by atomic mass is 35.5. The van der Waals surface area contributed by atoms with Crippen LogP contribution >= 0.6 is 11.6 Å². The Morgan fingerprint density at radius 3 is 3.12 bits per heavy atom. The molecule has 1 N–H and O–H groups in total. The van der Waals surface area contributed by atoms with Crippen LogP contribution in [-0.2, 0) is 11.4 Å². The van der Waals surface area contributed by atoms with Gasteiger partial charge in [0, 0.05) is 23.7 Å². The van der Waals surface area contributed by atoms with E-state index in [0.29, 0.717) is 35.9 Å². The first-order valence-corrected chi connectivity index (χ1v) is 8.39. The van der Waals surface area contributed by atoms with Gasteiger partial charge >= 0.3 is 11.8 Å². The molecule has 1 aromatic heterocycles. The molecule has 0 saturated carbocycles. The van der Waals surface area contributed by atoms with E-state index in [4.69, 9.17) is 20.8 Å². The number of fused-ring (bicyclic) bond motifs is 1. The number of alkyl carbamates (subject to hydrolysis) is 1. The Balaban J connectivity index is 1.71. The van der Waals surface area contributed by atoms with Crippen LogP contribution in [0.4, 0.5) is 4.79 Å². The average Bonchev–Trinajstić information content (AvgIpc) is 2.83. The molecule has 1 amide bonds. The largest absolute Gasteiger partial charge is 0.450 e. The molecule has 0 spiro atoms. The van der Waals surface area contributed by atoms with Crippen molar-refractivity contribution in [1.82, 2.24) is 14.8 Å². The summed E-state index contributed by atoms with van der Waals surface area (Å²) >= 11 is 5.93. The topological polar surface area (TPSA) is 76.7 Å².